The molecule has 0 bridgehead atoms. The van der Waals surface area contributed by atoms with Crippen LogP contribution in [0, 0.1) is 0 Å². The number of allylic oxidation sites excluding steroid dienone is 1. The molecule has 1 unspecified atom stereocenters. The molecule has 2 rings (SSSR count). The quantitative estimate of drug-likeness (QED) is 0.692. The fraction of sp³-hybridized carbons (Fsp3) is 0.318. The Morgan fingerprint density at radius 3 is 2.60 bits per heavy atom. The Balaban J connectivity index is 2.11. The molecule has 3 heteroatoms. The van der Waals surface area contributed by atoms with Gasteiger partial charge in [-0.05, 0) is 35.8 Å². The maximum Gasteiger partial charge on any atom is 0.156 e. The molecule has 0 spiro atoms. The monoisotopic (exact) mass is 337 g/mol. The van der Waals surface area contributed by atoms with Crippen LogP contribution in [0.3, 0.4) is 0 Å². The van der Waals surface area contributed by atoms with Crippen LogP contribution in [0.5, 0.6) is 5.75 Å². The molecule has 2 aromatic rings. The molecule has 0 amide bonds. The Labute approximate surface area is 150 Å². The molecule has 0 fully saturated rings. The van der Waals surface area contributed by atoms with Crippen LogP contribution < -0.4 is 10.5 Å². The lowest BCUT2D eigenvalue weighted by Gasteiger charge is -2.28. The molecular weight excluding hydrogens is 310 g/mol. The van der Waals surface area contributed by atoms with Crippen molar-refractivity contribution in [2.75, 3.05) is 13.2 Å². The van der Waals surface area contributed by atoms with Gasteiger partial charge in [-0.3, -0.25) is 4.79 Å². The summed E-state index contributed by atoms with van der Waals surface area (Å²) in [5.74, 6) is 0.892. The molecule has 2 N–H and O–H groups in total. The molecule has 0 radical (unpaired) electrons. The largest absolute Gasteiger partial charge is 0.494 e. The summed E-state index contributed by atoms with van der Waals surface area (Å²) in [5.41, 5.74) is 7.66. The summed E-state index contributed by atoms with van der Waals surface area (Å²) < 4.78 is 5.71. The fourth-order valence-electron chi connectivity index (χ4n) is 2.67. The third-order valence-electron chi connectivity index (χ3n) is 4.28. The average Bonchev–Trinajstić information content (AvgIpc) is 2.65. The Hall–Kier alpha value is -2.39. The van der Waals surface area contributed by atoms with Gasteiger partial charge in [-0.2, -0.15) is 0 Å². The van der Waals surface area contributed by atoms with Crippen LogP contribution in [-0.2, 0) is 10.2 Å². The number of carbonyl (C=O) groups is 1. The van der Waals surface area contributed by atoms with E-state index >= 15 is 0 Å². The summed E-state index contributed by atoms with van der Waals surface area (Å²) in [6.45, 7) is 5.18. The minimum atomic E-state index is -0.413. The summed E-state index contributed by atoms with van der Waals surface area (Å²) in [6.07, 6.45) is 4.81. The SMILES string of the molecule is CCCOc1cccc(C(C)(CN)CC(=O)C=Cc2ccccc2)c1. The van der Waals surface area contributed by atoms with E-state index in [1.54, 1.807) is 6.08 Å². The van der Waals surface area contributed by atoms with Gasteiger partial charge in [-0.1, -0.05) is 62.4 Å². The number of nitrogens with two attached hydrogens (primary N) is 1. The molecule has 1 atom stereocenters. The van der Waals surface area contributed by atoms with Crippen molar-refractivity contribution in [3.8, 4) is 5.75 Å². The van der Waals surface area contributed by atoms with Crippen molar-refractivity contribution in [2.45, 2.75) is 32.1 Å². The number of benzene rings is 2. The van der Waals surface area contributed by atoms with E-state index in [0.29, 0.717) is 19.6 Å². The second-order valence-corrected chi connectivity index (χ2v) is 6.53. The number of hydrogen-bond donors (Lipinski definition) is 1. The summed E-state index contributed by atoms with van der Waals surface area (Å²) in [4.78, 5) is 12.4. The average molecular weight is 337 g/mol. The second kappa shape index (κ2) is 9.19. The van der Waals surface area contributed by atoms with Gasteiger partial charge in [0.15, 0.2) is 5.78 Å². The van der Waals surface area contributed by atoms with Gasteiger partial charge in [-0.25, -0.2) is 0 Å². The molecule has 0 aliphatic carbocycles. The van der Waals surface area contributed by atoms with Crippen molar-refractivity contribution < 1.29 is 9.53 Å². The van der Waals surface area contributed by atoms with Gasteiger partial charge < -0.3 is 10.5 Å². The first-order valence-electron chi connectivity index (χ1n) is 8.77. The summed E-state index contributed by atoms with van der Waals surface area (Å²) in [6, 6.07) is 17.7. The van der Waals surface area contributed by atoms with Crippen LogP contribution in [0.4, 0.5) is 0 Å². The van der Waals surface area contributed by atoms with Crippen LogP contribution in [0.2, 0.25) is 0 Å². The summed E-state index contributed by atoms with van der Waals surface area (Å²) >= 11 is 0. The Kier molecular flexibility index (Phi) is 6.96. The zero-order chi connectivity index (χ0) is 18.1. The van der Waals surface area contributed by atoms with Crippen molar-refractivity contribution in [3.05, 3.63) is 71.8 Å². The molecule has 3 nitrogen and oxygen atoms in total. The highest BCUT2D eigenvalue weighted by Gasteiger charge is 2.27. The number of rotatable bonds is 9. The maximum absolute atomic E-state index is 12.4. The van der Waals surface area contributed by atoms with E-state index in [2.05, 4.69) is 6.92 Å². The van der Waals surface area contributed by atoms with E-state index < -0.39 is 5.41 Å². The number of ketones is 1. The lowest BCUT2D eigenvalue weighted by atomic mass is 9.78. The van der Waals surface area contributed by atoms with Crippen LogP contribution >= 0.6 is 0 Å². The Morgan fingerprint density at radius 2 is 1.92 bits per heavy atom. The smallest absolute Gasteiger partial charge is 0.156 e. The molecule has 0 aliphatic rings. The van der Waals surface area contributed by atoms with Crippen LogP contribution in [0.15, 0.2) is 60.7 Å². The van der Waals surface area contributed by atoms with Gasteiger partial charge in [0.25, 0.3) is 0 Å². The third kappa shape index (κ3) is 5.57. The van der Waals surface area contributed by atoms with E-state index in [1.165, 1.54) is 0 Å². The predicted molar refractivity (Wildman–Crippen MR) is 104 cm³/mol. The Morgan fingerprint density at radius 1 is 1.16 bits per heavy atom. The normalized spacial score (nSPS) is 13.6. The van der Waals surface area contributed by atoms with Crippen LogP contribution in [-0.4, -0.2) is 18.9 Å². The lowest BCUT2D eigenvalue weighted by Crippen LogP contribution is -2.34. The van der Waals surface area contributed by atoms with Crippen molar-refractivity contribution in [3.63, 3.8) is 0 Å². The van der Waals surface area contributed by atoms with Crippen molar-refractivity contribution in [2.24, 2.45) is 5.73 Å². The van der Waals surface area contributed by atoms with Gasteiger partial charge in [0.1, 0.15) is 5.75 Å². The van der Waals surface area contributed by atoms with Gasteiger partial charge in [0.05, 0.1) is 6.61 Å². The van der Waals surface area contributed by atoms with Crippen molar-refractivity contribution >= 4 is 11.9 Å². The lowest BCUT2D eigenvalue weighted by molar-refractivity contribution is -0.115. The molecule has 0 aromatic heterocycles. The molecular formula is C22H27NO2. The summed E-state index contributed by atoms with van der Waals surface area (Å²) in [7, 11) is 0. The topological polar surface area (TPSA) is 52.3 Å². The first-order chi connectivity index (χ1) is 12.1. The first-order valence-corrected chi connectivity index (χ1v) is 8.77. The number of hydrogen-bond acceptors (Lipinski definition) is 3. The molecule has 0 heterocycles. The van der Waals surface area contributed by atoms with Crippen LogP contribution in [0.25, 0.3) is 6.08 Å². The van der Waals surface area contributed by atoms with E-state index in [1.807, 2.05) is 67.6 Å². The zero-order valence-electron chi connectivity index (χ0n) is 15.1. The first kappa shape index (κ1) is 18.9. The minimum absolute atomic E-state index is 0.0664. The van der Waals surface area contributed by atoms with Gasteiger partial charge in [-0.15, -0.1) is 0 Å². The highest BCUT2D eigenvalue weighted by Crippen LogP contribution is 2.30. The predicted octanol–water partition coefficient (Wildman–Crippen LogP) is 4.36. The standard InChI is InChI=1S/C22H27NO2/c1-3-14-25-21-11-7-10-19(15-21)22(2,17-23)16-20(24)13-12-18-8-5-4-6-9-18/h4-13,15H,3,14,16-17,23H2,1-2H3. The highest BCUT2D eigenvalue weighted by molar-refractivity contribution is 5.94. The van der Waals surface area contributed by atoms with E-state index in [0.717, 1.165) is 23.3 Å². The summed E-state index contributed by atoms with van der Waals surface area (Å²) in [5, 5.41) is 0. The van der Waals surface area contributed by atoms with E-state index in [4.69, 9.17) is 10.5 Å². The molecule has 25 heavy (non-hydrogen) atoms. The molecule has 0 saturated carbocycles. The maximum atomic E-state index is 12.4. The Bertz CT molecular complexity index is 709. The third-order valence-corrected chi connectivity index (χ3v) is 4.28. The van der Waals surface area contributed by atoms with Gasteiger partial charge in [0.2, 0.25) is 0 Å². The van der Waals surface area contributed by atoms with Gasteiger partial charge >= 0.3 is 0 Å². The second-order valence-electron chi connectivity index (χ2n) is 6.53. The van der Waals surface area contributed by atoms with Gasteiger partial charge in [0, 0.05) is 18.4 Å². The fourth-order valence-corrected chi connectivity index (χ4v) is 2.67. The minimum Gasteiger partial charge on any atom is -0.494 e. The van der Waals surface area contributed by atoms with E-state index in [-0.39, 0.29) is 5.78 Å². The zero-order valence-corrected chi connectivity index (χ0v) is 15.1. The number of carbonyl (C=O) groups excluding carboxylic acids is 1. The van der Waals surface area contributed by atoms with Crippen molar-refractivity contribution in [1.82, 2.24) is 0 Å². The van der Waals surface area contributed by atoms with Crippen molar-refractivity contribution in [1.29, 1.82) is 0 Å². The van der Waals surface area contributed by atoms with Crippen LogP contribution in [0.1, 0.15) is 37.8 Å². The molecule has 0 saturated heterocycles. The molecule has 2 aromatic carbocycles. The molecule has 0 aliphatic heterocycles. The highest BCUT2D eigenvalue weighted by atomic mass is 16.5. The van der Waals surface area contributed by atoms with E-state index in [9.17, 15) is 4.79 Å². The number of ether oxygens (including phenoxy) is 1. The molecule has 132 valence electrons.